The second kappa shape index (κ2) is 3.65. The van der Waals surface area contributed by atoms with Crippen LogP contribution in [0.5, 0.6) is 0 Å². The van der Waals surface area contributed by atoms with Crippen LogP contribution < -0.4 is 0 Å². The van der Waals surface area contributed by atoms with Crippen molar-refractivity contribution in [1.82, 2.24) is 0 Å². The van der Waals surface area contributed by atoms with Gasteiger partial charge in [-0.05, 0) is 6.08 Å². The number of carbonyl (C=O) groups is 2. The Labute approximate surface area is 86.6 Å². The fraction of sp³-hybridized carbons (Fsp3) is 0.182. The van der Waals surface area contributed by atoms with Crippen molar-refractivity contribution in [2.45, 2.75) is 0 Å². The number of rotatable bonds is 2. The van der Waals surface area contributed by atoms with Crippen LogP contribution in [-0.4, -0.2) is 25.1 Å². The number of allylic oxidation sites excluding steroid dienone is 3. The van der Waals surface area contributed by atoms with E-state index < -0.39 is 5.92 Å². The number of aldehydes is 1. The first-order valence-corrected chi connectivity index (χ1v) is 4.48. The highest BCUT2D eigenvalue weighted by atomic mass is 16.5. The summed E-state index contributed by atoms with van der Waals surface area (Å²) in [6.07, 6.45) is 7.35. The molecule has 76 valence electrons. The van der Waals surface area contributed by atoms with Crippen LogP contribution in [0.15, 0.2) is 40.6 Å². The van der Waals surface area contributed by atoms with Crippen molar-refractivity contribution in [3.63, 3.8) is 0 Å². The van der Waals surface area contributed by atoms with Crippen LogP contribution in [0.4, 0.5) is 0 Å². The molecule has 2 aliphatic rings. The molecule has 1 atom stereocenters. The smallest absolute Gasteiger partial charge is 0.316 e. The number of carbonyl (C=O) groups excluding carboxylic acids is 2. The normalized spacial score (nSPS) is 22.5. The first-order valence-electron chi connectivity index (χ1n) is 4.48. The highest BCUT2D eigenvalue weighted by Gasteiger charge is 2.24. The van der Waals surface area contributed by atoms with E-state index in [1.54, 1.807) is 18.2 Å². The van der Waals surface area contributed by atoms with E-state index in [2.05, 4.69) is 9.73 Å². The zero-order valence-corrected chi connectivity index (χ0v) is 8.14. The Morgan fingerprint density at radius 1 is 1.60 bits per heavy atom. The van der Waals surface area contributed by atoms with Gasteiger partial charge in [0.25, 0.3) is 0 Å². The van der Waals surface area contributed by atoms with E-state index in [1.165, 1.54) is 13.3 Å². The molecule has 15 heavy (non-hydrogen) atoms. The minimum Gasteiger partial charge on any atom is -0.468 e. The van der Waals surface area contributed by atoms with Crippen LogP contribution in [0.1, 0.15) is 0 Å². The Bertz CT molecular complexity index is 427. The van der Waals surface area contributed by atoms with Gasteiger partial charge in [-0.25, -0.2) is 0 Å². The Hall–Kier alpha value is -1.97. The third-order valence-corrected chi connectivity index (χ3v) is 2.34. The summed E-state index contributed by atoms with van der Waals surface area (Å²) in [4.78, 5) is 26.0. The van der Waals surface area contributed by atoms with E-state index in [0.717, 1.165) is 12.0 Å². The van der Waals surface area contributed by atoms with Gasteiger partial charge >= 0.3 is 5.97 Å². The van der Waals surface area contributed by atoms with Crippen LogP contribution in [0.3, 0.4) is 0 Å². The van der Waals surface area contributed by atoms with Gasteiger partial charge in [-0.1, -0.05) is 12.2 Å². The molecule has 0 aromatic carbocycles. The van der Waals surface area contributed by atoms with Gasteiger partial charge in [-0.15, -0.1) is 0 Å². The van der Waals surface area contributed by atoms with E-state index >= 15 is 0 Å². The SMILES string of the molecule is COC(=O)[C@H]1C=CC2=NC=C(C=O)C2=C1. The summed E-state index contributed by atoms with van der Waals surface area (Å²) in [6, 6.07) is 0. The van der Waals surface area contributed by atoms with Crippen molar-refractivity contribution in [2.75, 3.05) is 7.11 Å². The zero-order valence-electron chi connectivity index (χ0n) is 8.14. The van der Waals surface area contributed by atoms with Crippen molar-refractivity contribution in [2.24, 2.45) is 10.9 Å². The molecule has 1 heterocycles. The Morgan fingerprint density at radius 3 is 3.07 bits per heavy atom. The molecule has 0 unspecified atom stereocenters. The van der Waals surface area contributed by atoms with E-state index in [0.29, 0.717) is 11.1 Å². The van der Waals surface area contributed by atoms with Crippen LogP contribution in [0.2, 0.25) is 0 Å². The monoisotopic (exact) mass is 203 g/mol. The van der Waals surface area contributed by atoms with Crippen molar-refractivity contribution in [1.29, 1.82) is 0 Å². The molecule has 1 aliphatic carbocycles. The Morgan fingerprint density at radius 2 is 2.40 bits per heavy atom. The summed E-state index contributed by atoms with van der Waals surface area (Å²) in [5.41, 5.74) is 1.93. The fourth-order valence-electron chi connectivity index (χ4n) is 1.55. The third kappa shape index (κ3) is 1.54. The summed E-state index contributed by atoms with van der Waals surface area (Å²) in [6.45, 7) is 0. The highest BCUT2D eigenvalue weighted by Crippen LogP contribution is 2.25. The average molecular weight is 203 g/mol. The molecule has 0 bridgehead atoms. The zero-order chi connectivity index (χ0) is 10.8. The molecule has 0 N–H and O–H groups in total. The number of nitrogens with zero attached hydrogens (tertiary/aromatic N) is 1. The number of aliphatic imine (C=N–C) groups is 1. The second-order valence-corrected chi connectivity index (χ2v) is 3.21. The standard InChI is InChI=1S/C11H9NO3/c1-15-11(14)7-2-3-10-9(4-7)8(6-13)5-12-10/h2-7H,1H3/t7-/m0/s1. The summed E-state index contributed by atoms with van der Waals surface area (Å²) in [5.74, 6) is -0.764. The quantitative estimate of drug-likeness (QED) is 0.493. The van der Waals surface area contributed by atoms with Gasteiger partial charge in [-0.2, -0.15) is 0 Å². The molecule has 4 heteroatoms. The minimum absolute atomic E-state index is 0.338. The average Bonchev–Trinajstić information content (AvgIpc) is 2.69. The van der Waals surface area contributed by atoms with Crippen LogP contribution >= 0.6 is 0 Å². The van der Waals surface area contributed by atoms with Crippen LogP contribution in [0.25, 0.3) is 0 Å². The topological polar surface area (TPSA) is 55.7 Å². The summed E-state index contributed by atoms with van der Waals surface area (Å²) in [5, 5.41) is 0. The maximum absolute atomic E-state index is 11.3. The van der Waals surface area contributed by atoms with Crippen LogP contribution in [-0.2, 0) is 14.3 Å². The molecule has 0 amide bonds. The lowest BCUT2D eigenvalue weighted by Crippen LogP contribution is -2.17. The third-order valence-electron chi connectivity index (χ3n) is 2.34. The maximum Gasteiger partial charge on any atom is 0.316 e. The molecule has 2 rings (SSSR count). The van der Waals surface area contributed by atoms with Gasteiger partial charge < -0.3 is 4.74 Å². The lowest BCUT2D eigenvalue weighted by Gasteiger charge is -2.12. The molecule has 0 spiro atoms. The lowest BCUT2D eigenvalue weighted by atomic mass is 9.93. The van der Waals surface area contributed by atoms with Gasteiger partial charge in [0, 0.05) is 17.3 Å². The van der Waals surface area contributed by atoms with Crippen molar-refractivity contribution < 1.29 is 14.3 Å². The van der Waals surface area contributed by atoms with E-state index in [-0.39, 0.29) is 5.97 Å². The first-order chi connectivity index (χ1) is 7.26. The summed E-state index contributed by atoms with van der Waals surface area (Å²) in [7, 11) is 1.34. The van der Waals surface area contributed by atoms with Gasteiger partial charge in [0.1, 0.15) is 0 Å². The summed E-state index contributed by atoms with van der Waals surface area (Å²) < 4.78 is 4.62. The Kier molecular flexibility index (Phi) is 2.33. The van der Waals surface area contributed by atoms with Gasteiger partial charge in [0.05, 0.1) is 18.7 Å². The number of hydrogen-bond donors (Lipinski definition) is 0. The van der Waals surface area contributed by atoms with E-state index in [4.69, 9.17) is 0 Å². The number of hydrogen-bond acceptors (Lipinski definition) is 4. The van der Waals surface area contributed by atoms with Gasteiger partial charge in [0.2, 0.25) is 0 Å². The van der Waals surface area contributed by atoms with E-state index in [1.807, 2.05) is 0 Å². The van der Waals surface area contributed by atoms with Crippen molar-refractivity contribution >= 4 is 18.0 Å². The molecular formula is C11H9NO3. The maximum atomic E-state index is 11.3. The molecule has 0 aromatic rings. The van der Waals surface area contributed by atoms with Crippen molar-refractivity contribution in [3.05, 3.63) is 35.6 Å². The molecule has 0 saturated carbocycles. The Balaban J connectivity index is 2.31. The van der Waals surface area contributed by atoms with Gasteiger partial charge in [-0.3, -0.25) is 14.6 Å². The molecule has 1 aliphatic heterocycles. The molecule has 0 radical (unpaired) electrons. The predicted octanol–water partition coefficient (Wildman–Crippen LogP) is 0.809. The lowest BCUT2D eigenvalue weighted by molar-refractivity contribution is -0.142. The number of ether oxygens (including phenoxy) is 1. The minimum atomic E-state index is -0.426. The van der Waals surface area contributed by atoms with Crippen molar-refractivity contribution in [3.8, 4) is 0 Å². The number of esters is 1. The summed E-state index contributed by atoms with van der Waals surface area (Å²) >= 11 is 0. The number of methoxy groups -OCH3 is 1. The molecule has 0 fully saturated rings. The largest absolute Gasteiger partial charge is 0.468 e. The van der Waals surface area contributed by atoms with E-state index in [9.17, 15) is 9.59 Å². The van der Waals surface area contributed by atoms with Gasteiger partial charge in [0.15, 0.2) is 6.29 Å². The second-order valence-electron chi connectivity index (χ2n) is 3.21. The molecule has 4 nitrogen and oxygen atoms in total. The molecule has 0 saturated heterocycles. The highest BCUT2D eigenvalue weighted by molar-refractivity contribution is 6.19. The predicted molar refractivity (Wildman–Crippen MR) is 54.3 cm³/mol. The number of fused-ring (bicyclic) bond motifs is 1. The molecule has 0 aromatic heterocycles. The first kappa shape index (κ1) is 9.58. The van der Waals surface area contributed by atoms with Crippen LogP contribution in [0, 0.1) is 5.92 Å². The fourth-order valence-corrected chi connectivity index (χ4v) is 1.55. The molecular weight excluding hydrogens is 194 g/mol.